The van der Waals surface area contributed by atoms with Crippen LogP contribution in [-0.4, -0.2) is 38.2 Å². The predicted molar refractivity (Wildman–Crippen MR) is 102 cm³/mol. The molecule has 27 heavy (non-hydrogen) atoms. The smallest absolute Gasteiger partial charge is 0.272 e. The van der Waals surface area contributed by atoms with Crippen LogP contribution >= 0.6 is 0 Å². The highest BCUT2D eigenvalue weighted by atomic mass is 19.1. The Bertz CT molecular complexity index is 949. The van der Waals surface area contributed by atoms with Gasteiger partial charge < -0.3 is 9.47 Å². The Morgan fingerprint density at radius 2 is 1.85 bits per heavy atom. The first-order chi connectivity index (χ1) is 13.0. The Morgan fingerprint density at radius 1 is 1.15 bits per heavy atom. The third kappa shape index (κ3) is 3.39. The number of benzene rings is 1. The summed E-state index contributed by atoms with van der Waals surface area (Å²) < 4.78 is 17.0. The zero-order chi connectivity index (χ0) is 19.0. The molecular formula is C21H23FN4O. The van der Waals surface area contributed by atoms with E-state index >= 15 is 0 Å². The lowest BCUT2D eigenvalue weighted by molar-refractivity contribution is 0.0688. The number of hydrogen-bond acceptors (Lipinski definition) is 2. The highest BCUT2D eigenvalue weighted by molar-refractivity contribution is 5.94. The van der Waals surface area contributed by atoms with Crippen molar-refractivity contribution in [1.82, 2.24) is 19.2 Å². The van der Waals surface area contributed by atoms with Crippen LogP contribution in [0.15, 0.2) is 48.7 Å². The highest BCUT2D eigenvalue weighted by Gasteiger charge is 2.26. The fourth-order valence-corrected chi connectivity index (χ4v) is 3.54. The average Bonchev–Trinajstić information content (AvgIpc) is 3.28. The first-order valence-corrected chi connectivity index (χ1v) is 9.30. The Morgan fingerprint density at radius 3 is 2.48 bits per heavy atom. The lowest BCUT2D eigenvalue weighted by Crippen LogP contribution is -2.38. The summed E-state index contributed by atoms with van der Waals surface area (Å²) in [5.74, 6) is 0.306. The number of hydrogen-bond donors (Lipinski definition) is 0. The minimum absolute atomic E-state index is 0.0285. The van der Waals surface area contributed by atoms with E-state index in [0.29, 0.717) is 17.3 Å². The summed E-state index contributed by atoms with van der Waals surface area (Å²) in [4.78, 5) is 15.1. The van der Waals surface area contributed by atoms with Gasteiger partial charge in [0.05, 0.1) is 11.4 Å². The van der Waals surface area contributed by atoms with E-state index in [4.69, 9.17) is 0 Å². The SMILES string of the molecule is CC1CCN(C(=O)c2cc(-c3cccn3C)nn2-c2ccc(F)cc2)CC1. The van der Waals surface area contributed by atoms with Gasteiger partial charge in [-0.2, -0.15) is 5.10 Å². The minimum Gasteiger partial charge on any atom is -0.349 e. The van der Waals surface area contributed by atoms with Crippen molar-refractivity contribution in [2.75, 3.05) is 13.1 Å². The Balaban J connectivity index is 1.76. The first kappa shape index (κ1) is 17.5. The third-order valence-corrected chi connectivity index (χ3v) is 5.28. The van der Waals surface area contributed by atoms with Crippen molar-refractivity contribution < 1.29 is 9.18 Å². The van der Waals surface area contributed by atoms with Gasteiger partial charge >= 0.3 is 0 Å². The van der Waals surface area contributed by atoms with Gasteiger partial charge in [0.2, 0.25) is 0 Å². The second kappa shape index (κ2) is 7.02. The summed E-state index contributed by atoms with van der Waals surface area (Å²) in [5.41, 5.74) is 2.83. The zero-order valence-corrected chi connectivity index (χ0v) is 15.6. The molecule has 1 amide bonds. The van der Waals surface area contributed by atoms with Crippen molar-refractivity contribution in [2.24, 2.45) is 13.0 Å². The van der Waals surface area contributed by atoms with Gasteiger partial charge in [-0.3, -0.25) is 4.79 Å². The standard InChI is InChI=1S/C21H23FN4O/c1-15-9-12-25(13-10-15)21(27)20-14-18(19-4-3-11-24(19)2)23-26(20)17-7-5-16(22)6-8-17/h3-8,11,14-15H,9-10,12-13H2,1-2H3. The molecule has 0 bridgehead atoms. The van der Waals surface area contributed by atoms with Crippen molar-refractivity contribution in [3.05, 3.63) is 60.2 Å². The number of carbonyl (C=O) groups is 1. The van der Waals surface area contributed by atoms with Crippen LogP contribution in [0.2, 0.25) is 0 Å². The van der Waals surface area contributed by atoms with E-state index in [1.165, 1.54) is 12.1 Å². The molecule has 6 heteroatoms. The quantitative estimate of drug-likeness (QED) is 0.706. The van der Waals surface area contributed by atoms with Gasteiger partial charge in [0.25, 0.3) is 5.91 Å². The Hall–Kier alpha value is -2.89. The number of aromatic nitrogens is 3. The van der Waals surface area contributed by atoms with E-state index in [2.05, 4.69) is 12.0 Å². The molecule has 2 aromatic heterocycles. The number of halogens is 1. The maximum absolute atomic E-state index is 13.4. The number of piperidine rings is 1. The molecular weight excluding hydrogens is 343 g/mol. The molecule has 1 aliphatic heterocycles. The topological polar surface area (TPSA) is 43.1 Å². The van der Waals surface area contributed by atoms with Crippen LogP contribution in [-0.2, 0) is 7.05 Å². The number of aryl methyl sites for hydroxylation is 1. The van der Waals surface area contributed by atoms with Gasteiger partial charge in [-0.25, -0.2) is 9.07 Å². The Labute approximate surface area is 158 Å². The maximum Gasteiger partial charge on any atom is 0.272 e. The maximum atomic E-state index is 13.4. The summed E-state index contributed by atoms with van der Waals surface area (Å²) in [7, 11) is 1.94. The Kier molecular flexibility index (Phi) is 4.56. The number of nitrogens with zero attached hydrogens (tertiary/aromatic N) is 4. The molecule has 1 aliphatic rings. The average molecular weight is 366 g/mol. The van der Waals surface area contributed by atoms with E-state index in [0.717, 1.165) is 37.3 Å². The monoisotopic (exact) mass is 366 g/mol. The van der Waals surface area contributed by atoms with E-state index in [1.54, 1.807) is 16.8 Å². The minimum atomic E-state index is -0.313. The number of amides is 1. The van der Waals surface area contributed by atoms with E-state index in [9.17, 15) is 9.18 Å². The molecule has 1 fully saturated rings. The molecule has 0 N–H and O–H groups in total. The zero-order valence-electron chi connectivity index (χ0n) is 15.6. The molecule has 0 saturated carbocycles. The number of carbonyl (C=O) groups excluding carboxylic acids is 1. The van der Waals surface area contributed by atoms with Gasteiger partial charge in [0.15, 0.2) is 0 Å². The molecule has 0 atom stereocenters. The molecule has 4 rings (SSSR count). The highest BCUT2D eigenvalue weighted by Crippen LogP contribution is 2.25. The largest absolute Gasteiger partial charge is 0.349 e. The lowest BCUT2D eigenvalue weighted by atomic mass is 9.99. The van der Waals surface area contributed by atoms with E-state index in [1.807, 2.05) is 40.9 Å². The molecule has 0 aliphatic carbocycles. The van der Waals surface area contributed by atoms with E-state index in [-0.39, 0.29) is 11.7 Å². The lowest BCUT2D eigenvalue weighted by Gasteiger charge is -2.30. The van der Waals surface area contributed by atoms with Gasteiger partial charge in [-0.15, -0.1) is 0 Å². The molecule has 1 saturated heterocycles. The molecule has 3 aromatic rings. The third-order valence-electron chi connectivity index (χ3n) is 5.28. The van der Waals surface area contributed by atoms with Crippen molar-refractivity contribution in [1.29, 1.82) is 0 Å². The van der Waals surface area contributed by atoms with Crippen LogP contribution in [0.1, 0.15) is 30.3 Å². The molecule has 0 spiro atoms. The van der Waals surface area contributed by atoms with Crippen LogP contribution in [0.3, 0.4) is 0 Å². The summed E-state index contributed by atoms with van der Waals surface area (Å²) in [5, 5.41) is 4.67. The van der Waals surface area contributed by atoms with Crippen molar-refractivity contribution in [2.45, 2.75) is 19.8 Å². The molecule has 1 aromatic carbocycles. The van der Waals surface area contributed by atoms with Crippen LogP contribution in [0, 0.1) is 11.7 Å². The second-order valence-corrected chi connectivity index (χ2v) is 7.28. The van der Waals surface area contributed by atoms with Crippen LogP contribution in [0.25, 0.3) is 17.1 Å². The van der Waals surface area contributed by atoms with Gasteiger partial charge in [-0.1, -0.05) is 6.92 Å². The number of likely N-dealkylation sites (tertiary alicyclic amines) is 1. The molecule has 140 valence electrons. The fourth-order valence-electron chi connectivity index (χ4n) is 3.54. The summed E-state index contributed by atoms with van der Waals surface area (Å²) >= 11 is 0. The first-order valence-electron chi connectivity index (χ1n) is 9.30. The van der Waals surface area contributed by atoms with Crippen molar-refractivity contribution in [3.63, 3.8) is 0 Å². The van der Waals surface area contributed by atoms with Crippen molar-refractivity contribution >= 4 is 5.91 Å². The molecule has 3 heterocycles. The summed E-state index contributed by atoms with van der Waals surface area (Å²) in [6, 6.07) is 11.8. The van der Waals surface area contributed by atoms with Crippen LogP contribution in [0.5, 0.6) is 0 Å². The molecule has 0 radical (unpaired) electrons. The number of rotatable bonds is 3. The fraction of sp³-hybridized carbons (Fsp3) is 0.333. The summed E-state index contributed by atoms with van der Waals surface area (Å²) in [6.07, 6.45) is 3.97. The molecule has 5 nitrogen and oxygen atoms in total. The van der Waals surface area contributed by atoms with E-state index < -0.39 is 0 Å². The summed E-state index contributed by atoms with van der Waals surface area (Å²) in [6.45, 7) is 3.74. The predicted octanol–water partition coefficient (Wildman–Crippen LogP) is 3.89. The van der Waals surface area contributed by atoms with Crippen LogP contribution < -0.4 is 0 Å². The van der Waals surface area contributed by atoms with Crippen LogP contribution in [0.4, 0.5) is 4.39 Å². The second-order valence-electron chi connectivity index (χ2n) is 7.28. The molecule has 0 unspecified atom stereocenters. The van der Waals surface area contributed by atoms with Crippen molar-refractivity contribution in [3.8, 4) is 17.1 Å². The van der Waals surface area contributed by atoms with Gasteiger partial charge in [0.1, 0.15) is 17.2 Å². The normalized spacial score (nSPS) is 15.3. The van der Waals surface area contributed by atoms with Gasteiger partial charge in [-0.05, 0) is 61.2 Å². The van der Waals surface area contributed by atoms with Gasteiger partial charge in [0, 0.05) is 26.3 Å².